The number of nitrogens with zero attached hydrogens (tertiary/aromatic N) is 1. The van der Waals surface area contributed by atoms with E-state index in [4.69, 9.17) is 11.6 Å². The van der Waals surface area contributed by atoms with Crippen molar-refractivity contribution in [3.8, 4) is 0 Å². The van der Waals surface area contributed by atoms with Gasteiger partial charge in [0.25, 0.3) is 17.5 Å². The number of nitro benzene ring substituents is 1. The molecule has 7 nitrogen and oxygen atoms in total. The van der Waals surface area contributed by atoms with Gasteiger partial charge in [-0.1, -0.05) is 29.8 Å². The Bertz CT molecular complexity index is 1280. The summed E-state index contributed by atoms with van der Waals surface area (Å²) in [6, 6.07) is 11.0. The zero-order chi connectivity index (χ0) is 25.0. The molecule has 0 saturated carbocycles. The molecular weight excluding hydrogens is 482 g/mol. The van der Waals surface area contributed by atoms with E-state index in [2.05, 4.69) is 10.6 Å². The van der Waals surface area contributed by atoms with Gasteiger partial charge in [-0.2, -0.15) is 13.2 Å². The number of alkyl halides is 3. The van der Waals surface area contributed by atoms with E-state index in [0.29, 0.717) is 6.07 Å². The summed E-state index contributed by atoms with van der Waals surface area (Å²) < 4.78 is 52.8. The largest absolute Gasteiger partial charge is 0.416 e. The van der Waals surface area contributed by atoms with E-state index < -0.39 is 40.8 Å². The number of non-ortho nitro benzene ring substituents is 1. The summed E-state index contributed by atoms with van der Waals surface area (Å²) >= 11 is 5.95. The van der Waals surface area contributed by atoms with Crippen molar-refractivity contribution in [1.29, 1.82) is 0 Å². The Morgan fingerprint density at radius 3 is 2.32 bits per heavy atom. The normalized spacial score (nSPS) is 11.1. The van der Waals surface area contributed by atoms with Crippen LogP contribution in [0.5, 0.6) is 0 Å². The Morgan fingerprint density at radius 2 is 1.68 bits per heavy atom. The number of nitrogens with one attached hydrogen (secondary N) is 2. The molecule has 0 atom stereocenters. The Labute approximate surface area is 194 Å². The smallest absolute Gasteiger partial charge is 0.348 e. The fourth-order valence-corrected chi connectivity index (χ4v) is 3.28. The molecule has 12 heteroatoms. The van der Waals surface area contributed by atoms with Gasteiger partial charge >= 0.3 is 6.18 Å². The fourth-order valence-electron chi connectivity index (χ4n) is 3.02. The van der Waals surface area contributed by atoms with E-state index in [1.165, 1.54) is 24.3 Å². The number of hydrogen-bond donors (Lipinski definition) is 2. The number of rotatable bonds is 6. The minimum absolute atomic E-state index is 0.0228. The Balaban J connectivity index is 1.79. The maximum Gasteiger partial charge on any atom is 0.416 e. The van der Waals surface area contributed by atoms with Gasteiger partial charge in [-0.25, -0.2) is 4.39 Å². The molecule has 3 rings (SSSR count). The van der Waals surface area contributed by atoms with Crippen LogP contribution in [0.25, 0.3) is 0 Å². The number of amides is 2. The molecule has 176 valence electrons. The van der Waals surface area contributed by atoms with Crippen molar-refractivity contribution >= 4 is 34.8 Å². The molecule has 0 aliphatic rings. The van der Waals surface area contributed by atoms with Crippen LogP contribution in [-0.4, -0.2) is 16.7 Å². The van der Waals surface area contributed by atoms with Crippen LogP contribution >= 0.6 is 11.6 Å². The van der Waals surface area contributed by atoms with Crippen molar-refractivity contribution in [3.05, 3.63) is 104 Å². The SMILES string of the molecule is O=C(Nc1ccccc1C(=O)NCc1ccc(F)cc1C(F)(F)F)c1ccc([N+](=O)[O-])cc1Cl. The highest BCUT2D eigenvalue weighted by molar-refractivity contribution is 6.34. The molecule has 0 aliphatic heterocycles. The van der Waals surface area contributed by atoms with Gasteiger partial charge in [0.2, 0.25) is 0 Å². The topological polar surface area (TPSA) is 101 Å². The molecule has 0 unspecified atom stereocenters. The third-order valence-corrected chi connectivity index (χ3v) is 4.96. The van der Waals surface area contributed by atoms with Gasteiger partial charge in [-0.15, -0.1) is 0 Å². The van der Waals surface area contributed by atoms with Crippen LogP contribution in [0.2, 0.25) is 5.02 Å². The molecule has 2 amide bonds. The third kappa shape index (κ3) is 5.67. The van der Waals surface area contributed by atoms with E-state index in [1.807, 2.05) is 0 Å². The van der Waals surface area contributed by atoms with Gasteiger partial charge < -0.3 is 10.6 Å². The van der Waals surface area contributed by atoms with Gasteiger partial charge in [-0.3, -0.25) is 19.7 Å². The fraction of sp³-hybridized carbons (Fsp3) is 0.0909. The molecule has 3 aromatic rings. The molecule has 3 aromatic carbocycles. The first-order valence-corrected chi connectivity index (χ1v) is 9.83. The van der Waals surface area contributed by atoms with Gasteiger partial charge in [0.1, 0.15) is 5.82 Å². The summed E-state index contributed by atoms with van der Waals surface area (Å²) in [5.74, 6) is -2.64. The number of nitro groups is 1. The highest BCUT2D eigenvalue weighted by atomic mass is 35.5. The minimum Gasteiger partial charge on any atom is -0.348 e. The lowest BCUT2D eigenvalue weighted by Gasteiger charge is -2.15. The molecule has 0 heterocycles. The van der Waals surface area contributed by atoms with Gasteiger partial charge in [0.15, 0.2) is 0 Å². The molecule has 34 heavy (non-hydrogen) atoms. The number of benzene rings is 3. The monoisotopic (exact) mass is 495 g/mol. The lowest BCUT2D eigenvalue weighted by molar-refractivity contribution is -0.384. The predicted molar refractivity (Wildman–Crippen MR) is 115 cm³/mol. The van der Waals surface area contributed by atoms with Crippen LogP contribution in [0, 0.1) is 15.9 Å². The van der Waals surface area contributed by atoms with Gasteiger partial charge in [0.05, 0.1) is 32.3 Å². The third-order valence-electron chi connectivity index (χ3n) is 4.64. The Hall–Kier alpha value is -3.99. The molecular formula is C22H14ClF4N3O4. The second kappa shape index (κ2) is 9.87. The molecule has 0 saturated heterocycles. The number of carbonyl (C=O) groups is 2. The van der Waals surface area contributed by atoms with Crippen LogP contribution < -0.4 is 10.6 Å². The average Bonchev–Trinajstić information content (AvgIpc) is 2.77. The maximum absolute atomic E-state index is 13.3. The van der Waals surface area contributed by atoms with E-state index in [0.717, 1.165) is 30.3 Å². The molecule has 0 aliphatic carbocycles. The van der Waals surface area contributed by atoms with Crippen molar-refractivity contribution in [2.24, 2.45) is 0 Å². The Kier molecular flexibility index (Phi) is 7.16. The first kappa shape index (κ1) is 24.6. The van der Waals surface area contributed by atoms with Crippen molar-refractivity contribution in [2.45, 2.75) is 12.7 Å². The van der Waals surface area contributed by atoms with Crippen LogP contribution in [0.3, 0.4) is 0 Å². The summed E-state index contributed by atoms with van der Waals surface area (Å²) in [6.45, 7) is -0.551. The quantitative estimate of drug-likeness (QED) is 0.264. The van der Waals surface area contributed by atoms with E-state index >= 15 is 0 Å². The first-order chi connectivity index (χ1) is 16.0. The average molecular weight is 496 g/mol. The lowest BCUT2D eigenvalue weighted by Crippen LogP contribution is -2.26. The molecule has 2 N–H and O–H groups in total. The van der Waals surface area contributed by atoms with Crippen molar-refractivity contribution in [1.82, 2.24) is 5.32 Å². The standard InChI is InChI=1S/C22H14ClF4N3O4/c23-18-10-14(30(33)34)7-8-15(18)21(32)29-19-4-2-1-3-16(19)20(31)28-11-12-5-6-13(24)9-17(12)22(25,26)27/h1-10H,11H2,(H,28,31)(H,29,32). The molecule has 0 fully saturated rings. The van der Waals surface area contributed by atoms with Gasteiger partial charge in [-0.05, 0) is 35.9 Å². The van der Waals surface area contributed by atoms with Crippen molar-refractivity contribution < 1.29 is 32.1 Å². The number of carbonyl (C=O) groups excluding carboxylic acids is 2. The van der Waals surface area contributed by atoms with E-state index in [9.17, 15) is 37.3 Å². The lowest BCUT2D eigenvalue weighted by atomic mass is 10.1. The number of para-hydroxylation sites is 1. The van der Waals surface area contributed by atoms with Crippen LogP contribution in [0.4, 0.5) is 28.9 Å². The molecule has 0 radical (unpaired) electrons. The zero-order valence-electron chi connectivity index (χ0n) is 17.0. The zero-order valence-corrected chi connectivity index (χ0v) is 17.7. The van der Waals surface area contributed by atoms with Crippen LogP contribution in [-0.2, 0) is 12.7 Å². The van der Waals surface area contributed by atoms with Crippen LogP contribution in [0.1, 0.15) is 31.8 Å². The van der Waals surface area contributed by atoms with Crippen LogP contribution in [0.15, 0.2) is 60.7 Å². The second-order valence-corrected chi connectivity index (χ2v) is 7.31. The highest BCUT2D eigenvalue weighted by Gasteiger charge is 2.33. The number of anilines is 1. The summed E-state index contributed by atoms with van der Waals surface area (Å²) in [7, 11) is 0. The summed E-state index contributed by atoms with van der Waals surface area (Å²) in [6.07, 6.45) is -4.82. The highest BCUT2D eigenvalue weighted by Crippen LogP contribution is 2.32. The van der Waals surface area contributed by atoms with E-state index in [-0.39, 0.29) is 33.1 Å². The summed E-state index contributed by atoms with van der Waals surface area (Å²) in [5, 5.41) is 15.4. The molecule has 0 spiro atoms. The molecule has 0 aromatic heterocycles. The Morgan fingerprint density at radius 1 is 0.971 bits per heavy atom. The second-order valence-electron chi connectivity index (χ2n) is 6.90. The van der Waals surface area contributed by atoms with Gasteiger partial charge in [0, 0.05) is 18.7 Å². The predicted octanol–water partition coefficient (Wildman–Crippen LogP) is 5.59. The maximum atomic E-state index is 13.3. The molecule has 0 bridgehead atoms. The van der Waals surface area contributed by atoms with E-state index in [1.54, 1.807) is 0 Å². The number of halogens is 5. The minimum atomic E-state index is -4.82. The number of hydrogen-bond acceptors (Lipinski definition) is 4. The summed E-state index contributed by atoms with van der Waals surface area (Å²) in [4.78, 5) is 35.4. The first-order valence-electron chi connectivity index (χ1n) is 9.45. The summed E-state index contributed by atoms with van der Waals surface area (Å²) in [5.41, 5.74) is -2.02. The van der Waals surface area contributed by atoms with Crippen molar-refractivity contribution in [3.63, 3.8) is 0 Å². The van der Waals surface area contributed by atoms with Crippen molar-refractivity contribution in [2.75, 3.05) is 5.32 Å².